The van der Waals surface area contributed by atoms with E-state index in [1.165, 1.54) is 30.5 Å². The van der Waals surface area contributed by atoms with Gasteiger partial charge >= 0.3 is 6.03 Å². The fourth-order valence-electron chi connectivity index (χ4n) is 2.20. The predicted molar refractivity (Wildman–Crippen MR) is 113 cm³/mol. The number of rotatable bonds is 5. The second-order valence-corrected chi connectivity index (χ2v) is 7.55. The quantitative estimate of drug-likeness (QED) is 0.541. The number of nitrogens with zero attached hydrogens (tertiary/aromatic N) is 1. The van der Waals surface area contributed by atoms with Gasteiger partial charge in [0.05, 0.1) is 4.90 Å². The van der Waals surface area contributed by atoms with Gasteiger partial charge in [0.15, 0.2) is 0 Å². The van der Waals surface area contributed by atoms with Crippen LogP contribution in [-0.2, 0) is 10.0 Å². The van der Waals surface area contributed by atoms with Gasteiger partial charge in [0, 0.05) is 22.6 Å². The molecule has 0 radical (unpaired) electrons. The number of anilines is 3. The Labute approximate surface area is 173 Å². The molecule has 3 aromatic rings. The van der Waals surface area contributed by atoms with Crippen LogP contribution in [0.3, 0.4) is 0 Å². The predicted octanol–water partition coefficient (Wildman–Crippen LogP) is 4.60. The van der Waals surface area contributed by atoms with Crippen LogP contribution in [0, 0.1) is 0 Å². The summed E-state index contributed by atoms with van der Waals surface area (Å²) >= 11 is 5.87. The highest BCUT2D eigenvalue weighted by atomic mass is 35.5. The minimum absolute atomic E-state index is 0. The molecule has 0 fully saturated rings. The maximum atomic E-state index is 12.3. The third-order valence-corrected chi connectivity index (χ3v) is 5.01. The van der Waals surface area contributed by atoms with E-state index in [4.69, 9.17) is 11.6 Å². The van der Waals surface area contributed by atoms with Crippen LogP contribution in [0.2, 0.25) is 5.02 Å². The van der Waals surface area contributed by atoms with E-state index in [-0.39, 0.29) is 23.1 Å². The summed E-state index contributed by atoms with van der Waals surface area (Å²) in [7, 11) is -3.77. The van der Waals surface area contributed by atoms with Crippen LogP contribution >= 0.6 is 24.0 Å². The van der Waals surface area contributed by atoms with Crippen LogP contribution in [0.25, 0.3) is 0 Å². The van der Waals surface area contributed by atoms with Crippen molar-refractivity contribution in [1.29, 1.82) is 0 Å². The van der Waals surface area contributed by atoms with Crippen LogP contribution in [0.4, 0.5) is 22.0 Å². The first kappa shape index (κ1) is 21.5. The van der Waals surface area contributed by atoms with E-state index in [0.29, 0.717) is 16.4 Å². The molecule has 1 heterocycles. The molecule has 10 heteroatoms. The van der Waals surface area contributed by atoms with Gasteiger partial charge in [-0.15, -0.1) is 12.4 Å². The highest BCUT2D eigenvalue weighted by molar-refractivity contribution is 7.92. The van der Waals surface area contributed by atoms with Gasteiger partial charge < -0.3 is 10.6 Å². The van der Waals surface area contributed by atoms with Crippen molar-refractivity contribution in [3.05, 3.63) is 77.9 Å². The Morgan fingerprint density at radius 1 is 0.893 bits per heavy atom. The lowest BCUT2D eigenvalue weighted by atomic mass is 10.3. The Balaban J connectivity index is 0.00000280. The summed E-state index contributed by atoms with van der Waals surface area (Å²) in [4.78, 5) is 16.0. The number of nitrogens with one attached hydrogen (secondary N) is 3. The first-order chi connectivity index (χ1) is 12.9. The normalized spacial score (nSPS) is 10.5. The van der Waals surface area contributed by atoms with E-state index in [2.05, 4.69) is 20.3 Å². The zero-order valence-corrected chi connectivity index (χ0v) is 16.7. The van der Waals surface area contributed by atoms with Crippen LogP contribution in [0.5, 0.6) is 0 Å². The minimum atomic E-state index is -3.77. The molecule has 3 N–H and O–H groups in total. The molecule has 1 aromatic heterocycles. The molecule has 0 aliphatic heterocycles. The lowest BCUT2D eigenvalue weighted by Crippen LogP contribution is -2.19. The Morgan fingerprint density at radius 2 is 1.61 bits per heavy atom. The monoisotopic (exact) mass is 438 g/mol. The summed E-state index contributed by atoms with van der Waals surface area (Å²) in [6.45, 7) is 0. The Kier molecular flexibility index (Phi) is 7.22. The largest absolute Gasteiger partial charge is 0.323 e. The topological polar surface area (TPSA) is 100 Å². The molecule has 0 unspecified atom stereocenters. The van der Waals surface area contributed by atoms with E-state index >= 15 is 0 Å². The summed E-state index contributed by atoms with van der Waals surface area (Å²) in [5, 5.41) is 5.76. The molecule has 28 heavy (non-hydrogen) atoms. The molecule has 0 spiro atoms. The number of amides is 2. The van der Waals surface area contributed by atoms with E-state index in [1.54, 1.807) is 42.5 Å². The fourth-order valence-corrected chi connectivity index (χ4v) is 3.40. The summed E-state index contributed by atoms with van der Waals surface area (Å²) in [6.07, 6.45) is 1.49. The van der Waals surface area contributed by atoms with Crippen molar-refractivity contribution in [3.63, 3.8) is 0 Å². The molecular formula is C18H16Cl2N4O3S. The number of carbonyl (C=O) groups excluding carboxylic acids is 1. The number of sulfonamides is 1. The minimum Gasteiger partial charge on any atom is -0.308 e. The number of urea groups is 1. The van der Waals surface area contributed by atoms with E-state index in [0.717, 1.165) is 0 Å². The third-order valence-electron chi connectivity index (χ3n) is 3.41. The molecular weight excluding hydrogens is 423 g/mol. The molecule has 0 bridgehead atoms. The molecule has 0 aliphatic carbocycles. The molecule has 3 rings (SSSR count). The third kappa shape index (κ3) is 5.85. The number of hydrogen-bond acceptors (Lipinski definition) is 4. The van der Waals surface area contributed by atoms with Gasteiger partial charge in [0.2, 0.25) is 0 Å². The van der Waals surface area contributed by atoms with Gasteiger partial charge in [-0.25, -0.2) is 18.2 Å². The smallest absolute Gasteiger partial charge is 0.308 e. The highest BCUT2D eigenvalue weighted by Crippen LogP contribution is 2.18. The molecule has 2 aromatic carbocycles. The molecule has 0 saturated carbocycles. The van der Waals surface area contributed by atoms with Crippen molar-refractivity contribution >= 4 is 57.3 Å². The molecule has 0 saturated heterocycles. The van der Waals surface area contributed by atoms with Gasteiger partial charge in [-0.3, -0.25) is 4.72 Å². The van der Waals surface area contributed by atoms with E-state index < -0.39 is 16.1 Å². The van der Waals surface area contributed by atoms with Crippen LogP contribution < -0.4 is 15.4 Å². The molecule has 146 valence electrons. The summed E-state index contributed by atoms with van der Waals surface area (Å²) in [5.74, 6) is 0.223. The molecule has 0 atom stereocenters. The first-order valence-electron chi connectivity index (χ1n) is 7.80. The van der Waals surface area contributed by atoms with Crippen LogP contribution in [-0.4, -0.2) is 19.4 Å². The molecule has 2 amide bonds. The van der Waals surface area contributed by atoms with Gasteiger partial charge in [0.1, 0.15) is 5.82 Å². The van der Waals surface area contributed by atoms with Crippen molar-refractivity contribution in [1.82, 2.24) is 4.98 Å². The number of benzene rings is 2. The average molecular weight is 439 g/mol. The fraction of sp³-hybridized carbons (Fsp3) is 0. The summed E-state index contributed by atoms with van der Waals surface area (Å²) in [5.41, 5.74) is 0.977. The second kappa shape index (κ2) is 9.41. The van der Waals surface area contributed by atoms with Crippen molar-refractivity contribution < 1.29 is 13.2 Å². The second-order valence-electron chi connectivity index (χ2n) is 5.43. The average Bonchev–Trinajstić information content (AvgIpc) is 2.62. The Bertz CT molecular complexity index is 1050. The standard InChI is InChI=1S/C18H15ClN4O3S.ClH/c19-13-4-3-5-15(12-13)22-18(24)21-14-7-9-16(10-8-14)27(25,26)23-17-6-1-2-11-20-17;/h1-12H,(H,20,23)(H2,21,22,24);1H. The number of pyridine rings is 1. The summed E-state index contributed by atoms with van der Waals surface area (Å²) < 4.78 is 27.1. The SMILES string of the molecule is Cl.O=C(Nc1ccc(S(=O)(=O)Nc2ccccn2)cc1)Nc1cccc(Cl)c1. The van der Waals surface area contributed by atoms with E-state index in [9.17, 15) is 13.2 Å². The number of halogens is 2. The van der Waals surface area contributed by atoms with Crippen LogP contribution in [0.1, 0.15) is 0 Å². The Morgan fingerprint density at radius 3 is 2.25 bits per heavy atom. The highest BCUT2D eigenvalue weighted by Gasteiger charge is 2.14. The Hall–Kier alpha value is -2.81. The molecule has 0 aliphatic rings. The van der Waals surface area contributed by atoms with Gasteiger partial charge in [0.25, 0.3) is 10.0 Å². The zero-order chi connectivity index (χ0) is 19.3. The van der Waals surface area contributed by atoms with Crippen molar-refractivity contribution in [2.24, 2.45) is 0 Å². The number of carbonyl (C=O) groups is 1. The number of hydrogen-bond donors (Lipinski definition) is 3. The van der Waals surface area contributed by atoms with E-state index in [1.807, 2.05) is 0 Å². The van der Waals surface area contributed by atoms with Crippen LogP contribution in [0.15, 0.2) is 77.8 Å². The van der Waals surface area contributed by atoms with Gasteiger partial charge in [-0.1, -0.05) is 23.7 Å². The molecule has 7 nitrogen and oxygen atoms in total. The van der Waals surface area contributed by atoms with Crippen molar-refractivity contribution in [2.45, 2.75) is 4.90 Å². The lowest BCUT2D eigenvalue weighted by molar-refractivity contribution is 0.262. The zero-order valence-electron chi connectivity index (χ0n) is 14.3. The maximum Gasteiger partial charge on any atom is 0.323 e. The summed E-state index contributed by atoms with van der Waals surface area (Å²) in [6, 6.07) is 16.9. The maximum absolute atomic E-state index is 12.3. The van der Waals surface area contributed by atoms with Crippen molar-refractivity contribution in [3.8, 4) is 0 Å². The number of aromatic nitrogens is 1. The van der Waals surface area contributed by atoms with Gasteiger partial charge in [-0.2, -0.15) is 0 Å². The van der Waals surface area contributed by atoms with Gasteiger partial charge in [-0.05, 0) is 54.6 Å². The lowest BCUT2D eigenvalue weighted by Gasteiger charge is -2.10. The first-order valence-corrected chi connectivity index (χ1v) is 9.66. The van der Waals surface area contributed by atoms with Crippen molar-refractivity contribution in [2.75, 3.05) is 15.4 Å².